The lowest BCUT2D eigenvalue weighted by Crippen LogP contribution is -2.47. The van der Waals surface area contributed by atoms with Crippen LogP contribution in [0.3, 0.4) is 0 Å². The smallest absolute Gasteiger partial charge is 0.437 e. The number of benzene rings is 3. The van der Waals surface area contributed by atoms with Crippen molar-refractivity contribution in [2.75, 3.05) is 6.61 Å². The molecule has 63 heavy (non-hydrogen) atoms. The lowest BCUT2D eigenvalue weighted by atomic mass is 9.75. The highest BCUT2D eigenvalue weighted by Gasteiger charge is 2.55. The van der Waals surface area contributed by atoms with Crippen molar-refractivity contribution in [3.05, 3.63) is 107 Å². The van der Waals surface area contributed by atoms with Gasteiger partial charge in [0.1, 0.15) is 36.8 Å². The molecule has 1 aliphatic heterocycles. The van der Waals surface area contributed by atoms with Gasteiger partial charge in [-0.2, -0.15) is 46.7 Å². The maximum absolute atomic E-state index is 15.6. The minimum atomic E-state index is -4.82. The summed E-state index contributed by atoms with van der Waals surface area (Å²) in [6.07, 6.45) is -2.88. The Hall–Kier alpha value is -6.44. The second kappa shape index (κ2) is 17.7. The minimum absolute atomic E-state index is 0.0614. The van der Waals surface area contributed by atoms with Gasteiger partial charge in [0.05, 0.1) is 23.3 Å². The molecule has 0 unspecified atom stereocenters. The third-order valence-corrected chi connectivity index (χ3v) is 10.6. The first kappa shape index (κ1) is 44.6. The molecule has 3 aromatic carbocycles. The van der Waals surface area contributed by atoms with Crippen LogP contribution >= 0.6 is 11.6 Å². The first-order chi connectivity index (χ1) is 29.8. The van der Waals surface area contributed by atoms with E-state index < -0.39 is 60.5 Å². The van der Waals surface area contributed by atoms with E-state index in [0.29, 0.717) is 34.0 Å². The number of aliphatic imine (C=N–C) groups is 1. The molecule has 0 bridgehead atoms. The van der Waals surface area contributed by atoms with Crippen molar-refractivity contribution in [2.45, 2.75) is 90.0 Å². The van der Waals surface area contributed by atoms with Gasteiger partial charge in [0.25, 0.3) is 5.91 Å². The lowest BCUT2D eigenvalue weighted by Gasteiger charge is -2.35. The Balaban J connectivity index is 1.35. The summed E-state index contributed by atoms with van der Waals surface area (Å²) in [5.41, 5.74) is 0.0324. The lowest BCUT2D eigenvalue weighted by molar-refractivity contribution is -0.150. The number of hydrogen-bond donors (Lipinski definition) is 2. The number of amides is 3. The van der Waals surface area contributed by atoms with Crippen LogP contribution in [0, 0.1) is 5.41 Å². The molecule has 3 amide bonds. The van der Waals surface area contributed by atoms with Crippen molar-refractivity contribution in [1.29, 1.82) is 0 Å². The largest absolute Gasteiger partial charge is 0.447 e. The number of nitrogens with zero attached hydrogens (tertiary/aromatic N) is 8. The van der Waals surface area contributed by atoms with E-state index in [0.717, 1.165) is 24.1 Å². The Kier molecular flexibility index (Phi) is 12.6. The van der Waals surface area contributed by atoms with Crippen LogP contribution in [0.4, 0.5) is 31.5 Å². The Morgan fingerprint density at radius 1 is 1.02 bits per heavy atom. The van der Waals surface area contributed by atoms with E-state index in [1.807, 2.05) is 20.8 Å². The molecule has 2 N–H and O–H groups in total. The van der Waals surface area contributed by atoms with Crippen molar-refractivity contribution < 1.29 is 45.8 Å². The Bertz CT molecular complexity index is 2490. The zero-order chi connectivity index (χ0) is 45.3. The summed E-state index contributed by atoms with van der Waals surface area (Å²) >= 11 is 6.53. The van der Waals surface area contributed by atoms with Crippen LogP contribution in [0.1, 0.15) is 82.3 Å². The Morgan fingerprint density at radius 2 is 1.73 bits per heavy atom. The van der Waals surface area contributed by atoms with Gasteiger partial charge in [-0.3, -0.25) is 9.69 Å². The molecule has 15 nitrogen and oxygen atoms in total. The van der Waals surface area contributed by atoms with Gasteiger partial charge in [0.2, 0.25) is 5.96 Å². The van der Waals surface area contributed by atoms with Crippen LogP contribution in [0.2, 0.25) is 5.02 Å². The highest BCUT2D eigenvalue weighted by atomic mass is 35.5. The van der Waals surface area contributed by atoms with E-state index in [9.17, 15) is 31.5 Å². The molecule has 5 aromatic rings. The fourth-order valence-electron chi connectivity index (χ4n) is 7.13. The van der Waals surface area contributed by atoms with Crippen molar-refractivity contribution in [2.24, 2.45) is 10.4 Å². The monoisotopic (exact) mass is 896 g/mol. The zero-order valence-corrected chi connectivity index (χ0v) is 35.1. The number of nitrogens with one attached hydrogen (secondary N) is 2. The summed E-state index contributed by atoms with van der Waals surface area (Å²) in [6, 6.07) is 16.1. The van der Waals surface area contributed by atoms with Gasteiger partial charge in [-0.15, -0.1) is 4.99 Å². The predicted octanol–water partition coefficient (Wildman–Crippen LogP) is 8.76. The molecule has 2 aliphatic rings. The van der Waals surface area contributed by atoms with E-state index in [4.69, 9.17) is 21.1 Å². The topological polar surface area (TPSA) is 171 Å². The molecule has 0 spiro atoms. The number of aromatic nitrogens is 6. The average molecular weight is 897 g/mol. The Labute approximate surface area is 362 Å². The number of carbonyl (C=O) groups is 3. The fourth-order valence-corrected chi connectivity index (χ4v) is 7.33. The maximum atomic E-state index is 15.6. The van der Waals surface area contributed by atoms with Crippen LogP contribution in [0.5, 0.6) is 0 Å². The van der Waals surface area contributed by atoms with Crippen LogP contribution in [0.15, 0.2) is 90.3 Å². The van der Waals surface area contributed by atoms with Crippen LogP contribution in [-0.4, -0.2) is 77.5 Å². The predicted molar refractivity (Wildman–Crippen MR) is 218 cm³/mol. The van der Waals surface area contributed by atoms with Crippen LogP contribution < -0.4 is 10.6 Å². The van der Waals surface area contributed by atoms with Crippen molar-refractivity contribution in [3.8, 4) is 22.6 Å². The van der Waals surface area contributed by atoms with Crippen LogP contribution in [0.25, 0.3) is 22.6 Å². The fraction of sp³-hybridized carbons (Fsp3) is 0.381. The molecule has 7 rings (SSSR count). The third-order valence-electron chi connectivity index (χ3n) is 10.3. The van der Waals surface area contributed by atoms with E-state index in [2.05, 4.69) is 30.6 Å². The van der Waals surface area contributed by atoms with Gasteiger partial charge < -0.3 is 20.1 Å². The second-order valence-corrected chi connectivity index (χ2v) is 16.8. The van der Waals surface area contributed by atoms with Gasteiger partial charge >= 0.3 is 24.9 Å². The second-order valence-electron chi connectivity index (χ2n) is 16.3. The normalized spacial score (nSPS) is 18.4. The average Bonchev–Trinajstić information content (AvgIpc) is 3.62. The molecule has 0 radical (unpaired) electrons. The van der Waals surface area contributed by atoms with Crippen molar-refractivity contribution in [1.82, 2.24) is 45.3 Å². The number of guanidine groups is 1. The summed E-state index contributed by atoms with van der Waals surface area (Å²) in [5.74, 6) is -1.45. The summed E-state index contributed by atoms with van der Waals surface area (Å²) < 4.78 is 79.7. The molecule has 2 aromatic heterocycles. The van der Waals surface area contributed by atoms with Gasteiger partial charge in [-0.25, -0.2) is 14.6 Å². The van der Waals surface area contributed by atoms with Crippen molar-refractivity contribution >= 4 is 35.7 Å². The zero-order valence-electron chi connectivity index (χ0n) is 34.3. The summed E-state index contributed by atoms with van der Waals surface area (Å²) in [5, 5.41) is 17.4. The molecule has 1 saturated heterocycles. The standard InChI is InChI=1S/C42H42ClF5N10O5/c1-24(42(46,47)48)52-38(60)63-21-33(27-12-17-31(43)30(18-27)34-49-23-51-57(34)36(44)45)56-35(59)41(22-40(2,3)4,54-37(56)53-39(61)62-20-25-8-6-5-7-9-25)28-13-10-26(11-14-28)32-19-50-58(55-32)29-15-16-29/h5-14,17-19,23-24,29,33,36H,15-16,20-22H2,1-4H3,(H,52,60)(H,53,54,61)/t24-,33+,41+/m0/s1. The molecular formula is C42H42ClF5N10O5. The maximum Gasteiger partial charge on any atom is 0.437 e. The minimum Gasteiger partial charge on any atom is -0.447 e. The summed E-state index contributed by atoms with van der Waals surface area (Å²) in [6.45, 7) is 2.20. The van der Waals surface area contributed by atoms with E-state index in [-0.39, 0.29) is 47.0 Å². The number of carbonyl (C=O) groups excluding carboxylic acids is 3. The first-order valence-electron chi connectivity index (χ1n) is 19.7. The highest BCUT2D eigenvalue weighted by molar-refractivity contribution is 6.33. The molecule has 1 saturated carbocycles. The molecule has 21 heteroatoms. The van der Waals surface area contributed by atoms with Gasteiger partial charge in [0.15, 0.2) is 5.82 Å². The third kappa shape index (κ3) is 10.1. The Morgan fingerprint density at radius 3 is 2.38 bits per heavy atom. The quantitative estimate of drug-likeness (QED) is 0.109. The van der Waals surface area contributed by atoms with Crippen molar-refractivity contribution in [3.63, 3.8) is 0 Å². The number of halogens is 6. The first-order valence-corrected chi connectivity index (χ1v) is 20.1. The number of alkyl halides is 5. The van der Waals surface area contributed by atoms with E-state index in [1.54, 1.807) is 70.9 Å². The van der Waals surface area contributed by atoms with Gasteiger partial charge in [-0.05, 0) is 60.4 Å². The molecule has 332 valence electrons. The molecule has 1 aliphatic carbocycles. The van der Waals surface area contributed by atoms with Crippen LogP contribution in [-0.2, 0) is 26.4 Å². The molecule has 3 heterocycles. The van der Waals surface area contributed by atoms with Gasteiger partial charge in [0, 0.05) is 11.1 Å². The summed E-state index contributed by atoms with van der Waals surface area (Å²) in [4.78, 5) is 53.0. The van der Waals surface area contributed by atoms with E-state index in [1.165, 1.54) is 18.2 Å². The summed E-state index contributed by atoms with van der Waals surface area (Å²) in [7, 11) is 0. The number of hydrogen-bond acceptors (Lipinski definition) is 9. The molecule has 3 atom stereocenters. The number of ether oxygens (including phenoxy) is 2. The molecule has 2 fully saturated rings. The number of rotatable bonds is 13. The van der Waals surface area contributed by atoms with E-state index >= 15 is 4.79 Å². The number of alkyl carbamates (subject to hydrolysis) is 1. The van der Waals surface area contributed by atoms with Gasteiger partial charge in [-0.1, -0.05) is 93.0 Å². The molecular weight excluding hydrogens is 855 g/mol. The highest BCUT2D eigenvalue weighted by Crippen LogP contribution is 2.44. The SMILES string of the molecule is C[C@H](NC(=O)OC[C@H](c1ccc(Cl)c(-c2ncnn2C(F)F)c1)N1C(=O)[C@@](CC(C)(C)C)(c2ccc(-c3cnn(C4CC4)n3)cc2)N/C1=N\C(=O)OCc1ccccc1)C(F)(F)F.